The van der Waals surface area contributed by atoms with Gasteiger partial charge in [0.05, 0.1) is 17.8 Å². The van der Waals surface area contributed by atoms with E-state index in [2.05, 4.69) is 29.4 Å². The van der Waals surface area contributed by atoms with Crippen LogP contribution in [-0.2, 0) is 11.2 Å². The van der Waals surface area contributed by atoms with Gasteiger partial charge >= 0.3 is 0 Å². The van der Waals surface area contributed by atoms with Crippen molar-refractivity contribution in [2.24, 2.45) is 11.7 Å². The minimum Gasteiger partial charge on any atom is -0.341 e. The summed E-state index contributed by atoms with van der Waals surface area (Å²) < 4.78 is 1.93. The first-order chi connectivity index (χ1) is 14.1. The van der Waals surface area contributed by atoms with Gasteiger partial charge in [0.15, 0.2) is 0 Å². The highest BCUT2D eigenvalue weighted by Gasteiger charge is 2.35. The number of rotatable bonds is 5. The first-order valence-electron chi connectivity index (χ1n) is 10.2. The van der Waals surface area contributed by atoms with Gasteiger partial charge in [-0.2, -0.15) is 5.10 Å². The lowest BCUT2D eigenvalue weighted by Crippen LogP contribution is -2.31. The fourth-order valence-electron chi connectivity index (χ4n) is 4.41. The van der Waals surface area contributed by atoms with E-state index in [-0.39, 0.29) is 18.3 Å². The van der Waals surface area contributed by atoms with Crippen molar-refractivity contribution in [2.75, 3.05) is 19.6 Å². The fraction of sp³-hybridized carbons (Fsp3) is 0.333. The van der Waals surface area contributed by atoms with E-state index in [1.54, 1.807) is 0 Å². The molecule has 30 heavy (non-hydrogen) atoms. The lowest BCUT2D eigenvalue weighted by molar-refractivity contribution is -0.129. The molecular weight excluding hydrogens is 396 g/mol. The predicted molar refractivity (Wildman–Crippen MR) is 122 cm³/mol. The van der Waals surface area contributed by atoms with Crippen molar-refractivity contribution in [1.29, 1.82) is 0 Å². The minimum atomic E-state index is 0. The Kier molecular flexibility index (Phi) is 6.95. The molecule has 0 aliphatic carbocycles. The third kappa shape index (κ3) is 4.27. The van der Waals surface area contributed by atoms with E-state index in [4.69, 9.17) is 5.73 Å². The molecule has 2 heterocycles. The van der Waals surface area contributed by atoms with Gasteiger partial charge in [-0.15, -0.1) is 12.4 Å². The maximum atomic E-state index is 13.2. The number of aromatic nitrogens is 2. The number of amides is 1. The molecule has 0 unspecified atom stereocenters. The molecular formula is C24H29ClN4O. The molecule has 1 aromatic heterocycles. The molecule has 1 amide bonds. The normalized spacial score (nSPS) is 18.3. The van der Waals surface area contributed by atoms with Gasteiger partial charge in [0.1, 0.15) is 0 Å². The topological polar surface area (TPSA) is 64.2 Å². The van der Waals surface area contributed by atoms with Crippen molar-refractivity contribution in [2.45, 2.75) is 26.2 Å². The zero-order valence-electron chi connectivity index (χ0n) is 17.5. The van der Waals surface area contributed by atoms with Gasteiger partial charge in [-0.3, -0.25) is 4.79 Å². The summed E-state index contributed by atoms with van der Waals surface area (Å²) in [7, 11) is 0. The summed E-state index contributed by atoms with van der Waals surface area (Å²) >= 11 is 0. The Morgan fingerprint density at radius 2 is 1.67 bits per heavy atom. The van der Waals surface area contributed by atoms with Crippen LogP contribution in [-0.4, -0.2) is 40.2 Å². The van der Waals surface area contributed by atoms with E-state index >= 15 is 0 Å². The summed E-state index contributed by atoms with van der Waals surface area (Å²) in [5.74, 6) is 0.760. The van der Waals surface area contributed by atoms with Gasteiger partial charge in [-0.1, -0.05) is 48.5 Å². The van der Waals surface area contributed by atoms with Crippen LogP contribution in [0.2, 0.25) is 0 Å². The van der Waals surface area contributed by atoms with Crippen molar-refractivity contribution >= 4 is 18.3 Å². The maximum Gasteiger partial charge on any atom is 0.227 e. The molecule has 2 atom stereocenters. The van der Waals surface area contributed by atoms with E-state index in [0.717, 1.165) is 35.7 Å². The van der Waals surface area contributed by atoms with Crippen molar-refractivity contribution < 1.29 is 4.79 Å². The quantitative estimate of drug-likeness (QED) is 0.679. The largest absolute Gasteiger partial charge is 0.341 e. The Hall–Kier alpha value is -2.63. The Morgan fingerprint density at radius 1 is 1.03 bits per heavy atom. The van der Waals surface area contributed by atoms with Gasteiger partial charge in [0, 0.05) is 30.3 Å². The number of halogens is 1. The highest BCUT2D eigenvalue weighted by atomic mass is 35.5. The molecule has 1 saturated heterocycles. The fourth-order valence-corrected chi connectivity index (χ4v) is 4.41. The molecule has 1 aliphatic heterocycles. The molecule has 1 aliphatic rings. The summed E-state index contributed by atoms with van der Waals surface area (Å²) in [6.07, 6.45) is 0.378. The molecule has 4 rings (SSSR count). The van der Waals surface area contributed by atoms with Gasteiger partial charge in [0.2, 0.25) is 5.91 Å². The second-order valence-electron chi connectivity index (χ2n) is 7.89. The molecule has 5 nitrogen and oxygen atoms in total. The predicted octanol–water partition coefficient (Wildman–Crippen LogP) is 3.65. The van der Waals surface area contributed by atoms with Crippen LogP contribution in [0.25, 0.3) is 5.69 Å². The van der Waals surface area contributed by atoms with Gasteiger partial charge in [-0.05, 0) is 44.0 Å². The molecule has 158 valence electrons. The summed E-state index contributed by atoms with van der Waals surface area (Å²) in [6.45, 7) is 6.06. The summed E-state index contributed by atoms with van der Waals surface area (Å²) in [6, 6.07) is 20.5. The van der Waals surface area contributed by atoms with Gasteiger partial charge in [0.25, 0.3) is 0 Å². The second-order valence-corrected chi connectivity index (χ2v) is 7.89. The molecule has 0 spiro atoms. The van der Waals surface area contributed by atoms with Crippen LogP contribution in [0.3, 0.4) is 0 Å². The zero-order valence-corrected chi connectivity index (χ0v) is 18.3. The lowest BCUT2D eigenvalue weighted by atomic mass is 9.89. The summed E-state index contributed by atoms with van der Waals surface area (Å²) in [5, 5.41) is 4.68. The molecule has 1 fully saturated rings. The van der Waals surface area contributed by atoms with E-state index < -0.39 is 0 Å². The number of nitrogens with two attached hydrogens (primary N) is 1. The highest BCUT2D eigenvalue weighted by molar-refractivity contribution is 5.85. The monoisotopic (exact) mass is 424 g/mol. The van der Waals surface area contributed by atoms with E-state index in [1.807, 2.05) is 59.8 Å². The van der Waals surface area contributed by atoms with E-state index in [1.165, 1.54) is 5.56 Å². The Labute approximate surface area is 184 Å². The SMILES string of the molecule is Cc1nn(-c2ccccc2)c(C)c1CC(=O)N1C[C@@H](CN)[C@H](c2ccccc2)C1.Cl. The van der Waals surface area contributed by atoms with Crippen LogP contribution in [0.4, 0.5) is 0 Å². The van der Waals surface area contributed by atoms with Crippen molar-refractivity contribution in [3.63, 3.8) is 0 Å². The van der Waals surface area contributed by atoms with Crippen molar-refractivity contribution in [3.05, 3.63) is 83.2 Å². The number of benzene rings is 2. The number of aryl methyl sites for hydroxylation is 1. The smallest absolute Gasteiger partial charge is 0.227 e. The summed E-state index contributed by atoms with van der Waals surface area (Å²) in [4.78, 5) is 15.1. The number of carbonyl (C=O) groups is 1. The Morgan fingerprint density at radius 3 is 2.30 bits per heavy atom. The first-order valence-corrected chi connectivity index (χ1v) is 10.2. The van der Waals surface area contributed by atoms with Crippen LogP contribution in [0.1, 0.15) is 28.4 Å². The number of hydrogen-bond donors (Lipinski definition) is 1. The van der Waals surface area contributed by atoms with Crippen molar-refractivity contribution in [1.82, 2.24) is 14.7 Å². The highest BCUT2D eigenvalue weighted by Crippen LogP contribution is 2.32. The number of hydrogen-bond acceptors (Lipinski definition) is 3. The number of para-hydroxylation sites is 1. The lowest BCUT2D eigenvalue weighted by Gasteiger charge is -2.17. The molecule has 0 bridgehead atoms. The molecule has 2 N–H and O–H groups in total. The molecule has 6 heteroatoms. The number of carbonyl (C=O) groups excluding carboxylic acids is 1. The van der Waals surface area contributed by atoms with Crippen LogP contribution in [0.5, 0.6) is 0 Å². The average molecular weight is 425 g/mol. The molecule has 0 radical (unpaired) electrons. The van der Waals surface area contributed by atoms with E-state index in [9.17, 15) is 4.79 Å². The summed E-state index contributed by atoms with van der Waals surface area (Å²) in [5.41, 5.74) is 11.3. The number of nitrogens with zero attached hydrogens (tertiary/aromatic N) is 3. The standard InChI is InChI=1S/C24H28N4O.ClH/c1-17-22(18(2)28(26-17)21-11-7-4-8-12-21)13-24(29)27-15-20(14-25)23(16-27)19-9-5-3-6-10-19;/h3-12,20,23H,13-16,25H2,1-2H3;1H/t20-,23+;/m1./s1. The van der Waals surface area contributed by atoms with Crippen LogP contribution in [0.15, 0.2) is 60.7 Å². The second kappa shape index (κ2) is 9.45. The molecule has 3 aromatic rings. The van der Waals surface area contributed by atoms with E-state index in [0.29, 0.717) is 24.8 Å². The Balaban J connectivity index is 0.00000256. The third-order valence-electron chi connectivity index (χ3n) is 6.09. The Bertz CT molecular complexity index is 987. The van der Waals surface area contributed by atoms with Crippen LogP contribution < -0.4 is 5.73 Å². The minimum absolute atomic E-state index is 0. The molecule has 0 saturated carbocycles. The van der Waals surface area contributed by atoms with Crippen LogP contribution >= 0.6 is 12.4 Å². The third-order valence-corrected chi connectivity index (χ3v) is 6.09. The number of likely N-dealkylation sites (tertiary alicyclic amines) is 1. The van der Waals surface area contributed by atoms with Gasteiger partial charge < -0.3 is 10.6 Å². The average Bonchev–Trinajstić information content (AvgIpc) is 3.32. The van der Waals surface area contributed by atoms with Crippen molar-refractivity contribution in [3.8, 4) is 5.69 Å². The molecule has 2 aromatic carbocycles. The first kappa shape index (κ1) is 22.1. The van der Waals surface area contributed by atoms with Gasteiger partial charge in [-0.25, -0.2) is 4.68 Å². The van der Waals surface area contributed by atoms with Crippen LogP contribution in [0, 0.1) is 19.8 Å². The maximum absolute atomic E-state index is 13.2. The zero-order chi connectivity index (χ0) is 20.4.